The maximum atomic E-state index is 13.5. The molecule has 2 N–H and O–H groups in total. The van der Waals surface area contributed by atoms with Crippen LogP contribution >= 0.6 is 0 Å². The molecule has 90 valence electrons. The van der Waals surface area contributed by atoms with E-state index in [0.717, 1.165) is 6.07 Å². The first-order valence-corrected chi connectivity index (χ1v) is 5.19. The molecule has 0 aliphatic rings. The molecule has 0 amide bonds. The van der Waals surface area contributed by atoms with Gasteiger partial charge in [-0.15, -0.1) is 0 Å². The van der Waals surface area contributed by atoms with Gasteiger partial charge < -0.3 is 5.32 Å². The lowest BCUT2D eigenvalue weighted by Gasteiger charge is -2.13. The quantitative estimate of drug-likeness (QED) is 0.855. The minimum Gasteiger partial charge on any atom is -0.303 e. The Bertz CT molecular complexity index is 484. The van der Waals surface area contributed by atoms with Gasteiger partial charge in [-0.2, -0.15) is 5.10 Å². The smallest absolute Gasteiger partial charge is 0.138 e. The van der Waals surface area contributed by atoms with E-state index >= 15 is 0 Å². The van der Waals surface area contributed by atoms with Gasteiger partial charge in [0, 0.05) is 17.7 Å². The van der Waals surface area contributed by atoms with E-state index < -0.39 is 11.6 Å². The largest absolute Gasteiger partial charge is 0.303 e. The Morgan fingerprint density at radius 3 is 2.88 bits per heavy atom. The fraction of sp³-hybridized carbons (Fsp3) is 0.273. The maximum Gasteiger partial charge on any atom is 0.138 e. The Hall–Kier alpha value is -1.82. The van der Waals surface area contributed by atoms with Gasteiger partial charge in [0.15, 0.2) is 0 Å². The van der Waals surface area contributed by atoms with Crippen molar-refractivity contribution in [2.24, 2.45) is 0 Å². The number of benzene rings is 1. The Morgan fingerprint density at radius 2 is 2.24 bits per heavy atom. The van der Waals surface area contributed by atoms with Crippen LogP contribution in [0.1, 0.15) is 24.4 Å². The summed E-state index contributed by atoms with van der Waals surface area (Å²) in [6.45, 7) is 2.24. The summed E-state index contributed by atoms with van der Waals surface area (Å²) >= 11 is 0. The minimum atomic E-state index is -0.575. The average Bonchev–Trinajstić information content (AvgIpc) is 2.78. The molecule has 1 heterocycles. The first-order valence-electron chi connectivity index (χ1n) is 5.19. The number of nitrogens with zero attached hydrogens (tertiary/aromatic N) is 2. The van der Waals surface area contributed by atoms with Gasteiger partial charge in [0.1, 0.15) is 23.8 Å². The van der Waals surface area contributed by atoms with Gasteiger partial charge >= 0.3 is 0 Å². The maximum absolute atomic E-state index is 13.5. The molecular formula is C11H12F2N4. The lowest BCUT2D eigenvalue weighted by atomic mass is 10.1. The van der Waals surface area contributed by atoms with Crippen molar-refractivity contribution >= 4 is 0 Å². The van der Waals surface area contributed by atoms with E-state index in [2.05, 4.69) is 20.5 Å². The van der Waals surface area contributed by atoms with Crippen LogP contribution in [0, 0.1) is 11.6 Å². The van der Waals surface area contributed by atoms with Crippen molar-refractivity contribution in [1.82, 2.24) is 20.5 Å². The fourth-order valence-corrected chi connectivity index (χ4v) is 1.53. The second-order valence-electron chi connectivity index (χ2n) is 3.70. The van der Waals surface area contributed by atoms with Crippen molar-refractivity contribution in [2.75, 3.05) is 0 Å². The Labute approximate surface area is 97.1 Å². The average molecular weight is 238 g/mol. The van der Waals surface area contributed by atoms with Crippen LogP contribution in [0.5, 0.6) is 0 Å². The van der Waals surface area contributed by atoms with E-state index in [9.17, 15) is 8.78 Å². The molecule has 1 unspecified atom stereocenters. The second kappa shape index (κ2) is 5.01. The van der Waals surface area contributed by atoms with Crippen molar-refractivity contribution in [3.05, 3.63) is 47.5 Å². The molecule has 0 aliphatic carbocycles. The molecule has 0 fully saturated rings. The molecule has 17 heavy (non-hydrogen) atoms. The van der Waals surface area contributed by atoms with Gasteiger partial charge in [0.05, 0.1) is 6.54 Å². The molecule has 1 aromatic carbocycles. The monoisotopic (exact) mass is 238 g/mol. The van der Waals surface area contributed by atoms with Crippen LogP contribution in [0.4, 0.5) is 8.78 Å². The lowest BCUT2D eigenvalue weighted by Crippen LogP contribution is -2.20. The summed E-state index contributed by atoms with van der Waals surface area (Å²) in [7, 11) is 0. The Morgan fingerprint density at radius 1 is 1.41 bits per heavy atom. The summed E-state index contributed by atoms with van der Waals surface area (Å²) in [4.78, 5) is 3.94. The van der Waals surface area contributed by atoms with Crippen LogP contribution in [-0.4, -0.2) is 15.2 Å². The highest BCUT2D eigenvalue weighted by Crippen LogP contribution is 2.17. The zero-order valence-electron chi connectivity index (χ0n) is 9.24. The summed E-state index contributed by atoms with van der Waals surface area (Å²) < 4.78 is 26.2. The van der Waals surface area contributed by atoms with E-state index in [1.165, 1.54) is 18.5 Å². The third-order valence-corrected chi connectivity index (χ3v) is 2.47. The summed E-state index contributed by atoms with van der Waals surface area (Å²) in [6.07, 6.45) is 1.40. The molecule has 0 aliphatic heterocycles. The molecule has 1 atom stereocenters. The number of rotatable bonds is 4. The molecular weight excluding hydrogens is 226 g/mol. The van der Waals surface area contributed by atoms with Crippen molar-refractivity contribution in [2.45, 2.75) is 19.5 Å². The SMILES string of the molecule is CC(NCc1ncn[nH]1)c1ccc(F)cc1F. The minimum absolute atomic E-state index is 0.235. The number of hydrogen-bond donors (Lipinski definition) is 2. The predicted molar refractivity (Wildman–Crippen MR) is 58.0 cm³/mol. The van der Waals surface area contributed by atoms with Gasteiger partial charge in [0.25, 0.3) is 0 Å². The topological polar surface area (TPSA) is 53.6 Å². The highest BCUT2D eigenvalue weighted by molar-refractivity contribution is 5.21. The van der Waals surface area contributed by atoms with E-state index in [-0.39, 0.29) is 6.04 Å². The number of aromatic nitrogens is 3. The van der Waals surface area contributed by atoms with Gasteiger partial charge in [-0.05, 0) is 13.0 Å². The molecule has 2 rings (SSSR count). The molecule has 0 radical (unpaired) electrons. The van der Waals surface area contributed by atoms with Crippen molar-refractivity contribution in [3.63, 3.8) is 0 Å². The van der Waals surface area contributed by atoms with E-state index in [1.807, 2.05) is 0 Å². The van der Waals surface area contributed by atoms with Crippen LogP contribution in [0.2, 0.25) is 0 Å². The molecule has 4 nitrogen and oxygen atoms in total. The van der Waals surface area contributed by atoms with E-state index in [1.54, 1.807) is 6.92 Å². The molecule has 2 aromatic rings. The zero-order valence-corrected chi connectivity index (χ0v) is 9.24. The van der Waals surface area contributed by atoms with Crippen molar-refractivity contribution < 1.29 is 8.78 Å². The first kappa shape index (κ1) is 11.7. The highest BCUT2D eigenvalue weighted by atomic mass is 19.1. The van der Waals surface area contributed by atoms with Crippen LogP contribution < -0.4 is 5.32 Å². The molecule has 0 bridgehead atoms. The lowest BCUT2D eigenvalue weighted by molar-refractivity contribution is 0.511. The van der Waals surface area contributed by atoms with Gasteiger partial charge in [0.2, 0.25) is 0 Å². The summed E-state index contributed by atoms with van der Waals surface area (Å²) in [5, 5.41) is 9.46. The van der Waals surface area contributed by atoms with Crippen LogP contribution in [0.15, 0.2) is 24.5 Å². The number of halogens is 2. The zero-order chi connectivity index (χ0) is 12.3. The fourth-order valence-electron chi connectivity index (χ4n) is 1.53. The number of H-pyrrole nitrogens is 1. The molecule has 0 saturated heterocycles. The molecule has 1 aromatic heterocycles. The summed E-state index contributed by atoms with van der Waals surface area (Å²) in [5.41, 5.74) is 0.422. The third-order valence-electron chi connectivity index (χ3n) is 2.47. The van der Waals surface area contributed by atoms with Gasteiger partial charge in [-0.3, -0.25) is 5.10 Å². The summed E-state index contributed by atoms with van der Waals surface area (Å²) in [5.74, 6) is -0.462. The van der Waals surface area contributed by atoms with Crippen molar-refractivity contribution in [1.29, 1.82) is 0 Å². The predicted octanol–water partition coefficient (Wildman–Crippen LogP) is 1.93. The van der Waals surface area contributed by atoms with Gasteiger partial charge in [-0.1, -0.05) is 6.07 Å². The number of aromatic amines is 1. The highest BCUT2D eigenvalue weighted by Gasteiger charge is 2.11. The van der Waals surface area contributed by atoms with E-state index in [4.69, 9.17) is 0 Å². The summed E-state index contributed by atoms with van der Waals surface area (Å²) in [6, 6.07) is 3.32. The Balaban J connectivity index is 2.01. The van der Waals surface area contributed by atoms with Crippen LogP contribution in [0.3, 0.4) is 0 Å². The Kier molecular flexibility index (Phi) is 3.43. The molecule has 0 spiro atoms. The van der Waals surface area contributed by atoms with Crippen LogP contribution in [-0.2, 0) is 6.54 Å². The van der Waals surface area contributed by atoms with Crippen molar-refractivity contribution in [3.8, 4) is 0 Å². The normalized spacial score (nSPS) is 12.6. The van der Waals surface area contributed by atoms with E-state index in [0.29, 0.717) is 17.9 Å². The molecule has 6 heteroatoms. The number of nitrogens with one attached hydrogen (secondary N) is 2. The number of hydrogen-bond acceptors (Lipinski definition) is 3. The molecule has 0 saturated carbocycles. The first-order chi connectivity index (χ1) is 8.16. The van der Waals surface area contributed by atoms with Gasteiger partial charge in [-0.25, -0.2) is 13.8 Å². The second-order valence-corrected chi connectivity index (χ2v) is 3.70. The third kappa shape index (κ3) is 2.85. The standard InChI is InChI=1S/C11H12F2N4/c1-7(14-5-11-15-6-16-17-11)9-3-2-8(12)4-10(9)13/h2-4,6-7,14H,5H2,1H3,(H,15,16,17). The van der Waals surface area contributed by atoms with Crippen LogP contribution in [0.25, 0.3) is 0 Å².